The van der Waals surface area contributed by atoms with Gasteiger partial charge in [0.25, 0.3) is 0 Å². The SMILES string of the molecule is Cn1c(C(=O)O)cc2ccnc(C3CC3)c21. The Labute approximate surface area is 92.5 Å². The van der Waals surface area contributed by atoms with Crippen molar-refractivity contribution in [1.82, 2.24) is 9.55 Å². The lowest BCUT2D eigenvalue weighted by atomic mass is 10.2. The normalized spacial score (nSPS) is 15.6. The summed E-state index contributed by atoms with van der Waals surface area (Å²) in [5.74, 6) is -0.362. The smallest absolute Gasteiger partial charge is 0.352 e. The Morgan fingerprint density at radius 1 is 1.56 bits per heavy atom. The van der Waals surface area contributed by atoms with Gasteiger partial charge in [-0.25, -0.2) is 4.79 Å². The minimum absolute atomic E-state index is 0.324. The first-order valence-corrected chi connectivity index (χ1v) is 5.36. The van der Waals surface area contributed by atoms with E-state index in [2.05, 4.69) is 4.98 Å². The van der Waals surface area contributed by atoms with Crippen LogP contribution in [0.25, 0.3) is 10.9 Å². The topological polar surface area (TPSA) is 55.1 Å². The molecule has 0 saturated heterocycles. The molecule has 16 heavy (non-hydrogen) atoms. The molecule has 1 saturated carbocycles. The van der Waals surface area contributed by atoms with Crippen LogP contribution in [0, 0.1) is 0 Å². The maximum Gasteiger partial charge on any atom is 0.352 e. The van der Waals surface area contributed by atoms with Gasteiger partial charge in [0, 0.05) is 24.5 Å². The lowest BCUT2D eigenvalue weighted by Gasteiger charge is -2.04. The fourth-order valence-corrected chi connectivity index (χ4v) is 2.19. The van der Waals surface area contributed by atoms with Crippen LogP contribution in [0.3, 0.4) is 0 Å². The number of hydrogen-bond acceptors (Lipinski definition) is 2. The molecule has 4 heteroatoms. The third-order valence-corrected chi connectivity index (χ3v) is 3.16. The molecule has 0 aromatic carbocycles. The average Bonchev–Trinajstić information content (AvgIpc) is 3.03. The number of aromatic carboxylic acids is 1. The largest absolute Gasteiger partial charge is 0.477 e. The van der Waals surface area contributed by atoms with Gasteiger partial charge in [-0.1, -0.05) is 0 Å². The number of aryl methyl sites for hydroxylation is 1. The molecule has 4 nitrogen and oxygen atoms in total. The average molecular weight is 216 g/mol. The molecular formula is C12H12N2O2. The molecule has 1 N–H and O–H groups in total. The number of carbonyl (C=O) groups is 1. The summed E-state index contributed by atoms with van der Waals surface area (Å²) in [7, 11) is 1.79. The molecule has 3 rings (SSSR count). The summed E-state index contributed by atoms with van der Waals surface area (Å²) >= 11 is 0. The molecule has 82 valence electrons. The molecule has 0 atom stereocenters. The third-order valence-electron chi connectivity index (χ3n) is 3.16. The van der Waals surface area contributed by atoms with Crippen molar-refractivity contribution in [3.63, 3.8) is 0 Å². The van der Waals surface area contributed by atoms with Crippen molar-refractivity contribution in [2.75, 3.05) is 0 Å². The highest BCUT2D eigenvalue weighted by atomic mass is 16.4. The molecule has 0 unspecified atom stereocenters. The molecule has 1 aliphatic carbocycles. The van der Waals surface area contributed by atoms with Crippen molar-refractivity contribution in [2.45, 2.75) is 18.8 Å². The lowest BCUT2D eigenvalue weighted by Crippen LogP contribution is -2.04. The van der Waals surface area contributed by atoms with Crippen molar-refractivity contribution in [3.8, 4) is 0 Å². The Hall–Kier alpha value is -1.84. The van der Waals surface area contributed by atoms with E-state index in [0.29, 0.717) is 11.6 Å². The maximum atomic E-state index is 11.0. The summed E-state index contributed by atoms with van der Waals surface area (Å²) < 4.78 is 1.73. The molecule has 0 amide bonds. The van der Waals surface area contributed by atoms with Gasteiger partial charge < -0.3 is 9.67 Å². The zero-order valence-corrected chi connectivity index (χ0v) is 8.97. The summed E-state index contributed by atoms with van der Waals surface area (Å²) in [6.07, 6.45) is 4.10. The van der Waals surface area contributed by atoms with Crippen molar-refractivity contribution in [3.05, 3.63) is 29.7 Å². The van der Waals surface area contributed by atoms with Gasteiger partial charge in [-0.05, 0) is 25.0 Å². The van der Waals surface area contributed by atoms with E-state index in [0.717, 1.165) is 16.6 Å². The molecule has 2 aromatic rings. The van der Waals surface area contributed by atoms with Gasteiger partial charge in [-0.3, -0.25) is 4.98 Å². The Kier molecular flexibility index (Phi) is 1.80. The number of pyridine rings is 1. The third kappa shape index (κ3) is 1.23. The first kappa shape index (κ1) is 9.39. The van der Waals surface area contributed by atoms with Gasteiger partial charge in [-0.15, -0.1) is 0 Å². The summed E-state index contributed by atoms with van der Waals surface area (Å²) in [5, 5.41) is 10.0. The van der Waals surface area contributed by atoms with E-state index < -0.39 is 5.97 Å². The maximum absolute atomic E-state index is 11.0. The quantitative estimate of drug-likeness (QED) is 0.836. The summed E-state index contributed by atoms with van der Waals surface area (Å²) in [6.45, 7) is 0. The molecule has 0 spiro atoms. The number of carboxylic acids is 1. The number of nitrogens with zero attached hydrogens (tertiary/aromatic N) is 2. The van der Waals surface area contributed by atoms with Crippen molar-refractivity contribution in [2.24, 2.45) is 7.05 Å². The van der Waals surface area contributed by atoms with Crippen molar-refractivity contribution >= 4 is 16.9 Å². The van der Waals surface area contributed by atoms with Gasteiger partial charge in [0.05, 0.1) is 11.2 Å². The molecule has 0 aliphatic heterocycles. The summed E-state index contributed by atoms with van der Waals surface area (Å²) in [4.78, 5) is 15.4. The second-order valence-electron chi connectivity index (χ2n) is 4.30. The fraction of sp³-hybridized carbons (Fsp3) is 0.333. The number of carboxylic acid groups (broad SMARTS) is 1. The second-order valence-corrected chi connectivity index (χ2v) is 4.30. The lowest BCUT2D eigenvalue weighted by molar-refractivity contribution is 0.0687. The zero-order valence-electron chi connectivity index (χ0n) is 8.97. The highest BCUT2D eigenvalue weighted by molar-refractivity contribution is 5.95. The fourth-order valence-electron chi connectivity index (χ4n) is 2.19. The van der Waals surface area contributed by atoms with Crippen molar-refractivity contribution in [1.29, 1.82) is 0 Å². The predicted octanol–water partition coefficient (Wildman–Crippen LogP) is 2.15. The van der Waals surface area contributed by atoms with Gasteiger partial charge >= 0.3 is 5.97 Å². The Morgan fingerprint density at radius 2 is 2.31 bits per heavy atom. The van der Waals surface area contributed by atoms with Crippen LogP contribution in [0.5, 0.6) is 0 Å². The minimum atomic E-state index is -0.888. The van der Waals surface area contributed by atoms with Gasteiger partial charge in [0.15, 0.2) is 0 Å². The molecule has 0 radical (unpaired) electrons. The Morgan fingerprint density at radius 3 is 2.94 bits per heavy atom. The Bertz CT molecular complexity index is 582. The van der Waals surface area contributed by atoms with E-state index in [9.17, 15) is 4.79 Å². The van der Waals surface area contributed by atoms with Gasteiger partial charge in [-0.2, -0.15) is 0 Å². The van der Waals surface area contributed by atoms with E-state index in [-0.39, 0.29) is 0 Å². The Balaban J connectivity index is 2.33. The molecule has 2 aromatic heterocycles. The highest BCUT2D eigenvalue weighted by Gasteiger charge is 2.28. The number of hydrogen-bond donors (Lipinski definition) is 1. The molecule has 1 fully saturated rings. The van der Waals surface area contributed by atoms with Gasteiger partial charge in [0.1, 0.15) is 5.69 Å². The summed E-state index contributed by atoms with van der Waals surface area (Å²) in [5.41, 5.74) is 2.35. The predicted molar refractivity (Wildman–Crippen MR) is 59.6 cm³/mol. The van der Waals surface area contributed by atoms with Crippen LogP contribution >= 0.6 is 0 Å². The monoisotopic (exact) mass is 216 g/mol. The van der Waals surface area contributed by atoms with Crippen LogP contribution in [-0.2, 0) is 7.05 Å². The molecular weight excluding hydrogens is 204 g/mol. The minimum Gasteiger partial charge on any atom is -0.477 e. The number of aromatic nitrogens is 2. The van der Waals surface area contributed by atoms with Crippen molar-refractivity contribution < 1.29 is 9.90 Å². The van der Waals surface area contributed by atoms with Crippen LogP contribution in [0.4, 0.5) is 0 Å². The van der Waals surface area contributed by atoms with Crippen LogP contribution < -0.4 is 0 Å². The number of fused-ring (bicyclic) bond motifs is 1. The summed E-state index contributed by atoms with van der Waals surface area (Å²) in [6, 6.07) is 3.58. The standard InChI is InChI=1S/C12H12N2O2/c1-14-9(12(15)16)6-8-4-5-13-10(11(8)14)7-2-3-7/h4-7H,2-3H2,1H3,(H,15,16). The molecule has 1 aliphatic rings. The van der Waals surface area contributed by atoms with E-state index in [4.69, 9.17) is 5.11 Å². The zero-order chi connectivity index (χ0) is 11.3. The van der Waals surface area contributed by atoms with Gasteiger partial charge in [0.2, 0.25) is 0 Å². The first-order valence-electron chi connectivity index (χ1n) is 5.36. The van der Waals surface area contributed by atoms with E-state index in [1.807, 2.05) is 6.07 Å². The van der Waals surface area contributed by atoms with E-state index in [1.165, 1.54) is 12.8 Å². The van der Waals surface area contributed by atoms with Crippen LogP contribution in [-0.4, -0.2) is 20.6 Å². The highest BCUT2D eigenvalue weighted by Crippen LogP contribution is 2.42. The number of rotatable bonds is 2. The molecule has 2 heterocycles. The van der Waals surface area contributed by atoms with Crippen LogP contribution in [0.15, 0.2) is 18.3 Å². The van der Waals surface area contributed by atoms with E-state index in [1.54, 1.807) is 23.9 Å². The van der Waals surface area contributed by atoms with E-state index >= 15 is 0 Å². The first-order chi connectivity index (χ1) is 7.68. The second kappa shape index (κ2) is 3.07. The van der Waals surface area contributed by atoms with Crippen LogP contribution in [0.1, 0.15) is 34.9 Å². The van der Waals surface area contributed by atoms with Crippen LogP contribution in [0.2, 0.25) is 0 Å². The molecule has 0 bridgehead atoms.